The minimum absolute atomic E-state index is 0.00511. The number of hydrogen-bond donors (Lipinski definition) is 1. The summed E-state index contributed by atoms with van der Waals surface area (Å²) >= 11 is 0. The average Bonchev–Trinajstić information content (AvgIpc) is 3.80. The van der Waals surface area contributed by atoms with E-state index in [0.717, 1.165) is 61.3 Å². The summed E-state index contributed by atoms with van der Waals surface area (Å²) in [4.78, 5) is 10.5. The Bertz CT molecular complexity index is 3800. The van der Waals surface area contributed by atoms with E-state index >= 15 is 0 Å². The minimum Gasteiger partial charge on any atom is -0.507 e. The molecule has 0 atom stereocenters. The van der Waals surface area contributed by atoms with E-state index in [-0.39, 0.29) is 34.2 Å². The molecule has 0 fully saturated rings. The predicted molar refractivity (Wildman–Crippen MR) is 295 cm³/mol. The Balaban J connectivity index is 1.30. The molecule has 0 aliphatic rings. The molecule has 0 unspecified atom stereocenters. The van der Waals surface area contributed by atoms with E-state index in [0.29, 0.717) is 39.3 Å². The Hall–Kier alpha value is -7.82. The Kier molecular flexibility index (Phi) is 10.3. The molecule has 8 aromatic carbocycles. The maximum absolute atomic E-state index is 12.7. The van der Waals surface area contributed by atoms with Crippen molar-refractivity contribution in [2.75, 3.05) is 0 Å². The SMILES string of the molecule is [2H]c1c([2H])c([2H])c(-c2cc(-c3cc(-c4ccccc4)ccn3)cc(-c3cccc4c3nc(-c3cc(C(C)(C)C)cc(C(C)(C)C)c3O)n4-c3ccc(-c4ccc(C(C)(C)C)cc4)cc3-c3ccccc3)c2)c([2H])c1[2H]. The van der Waals surface area contributed by atoms with Crippen LogP contribution in [0.2, 0.25) is 0 Å². The van der Waals surface area contributed by atoms with Gasteiger partial charge in [-0.1, -0.05) is 202 Å². The van der Waals surface area contributed by atoms with Gasteiger partial charge in [0.15, 0.2) is 0 Å². The van der Waals surface area contributed by atoms with Gasteiger partial charge < -0.3 is 5.11 Å². The molecular formula is C66H61N3O. The molecule has 4 heteroatoms. The van der Waals surface area contributed by atoms with Gasteiger partial charge >= 0.3 is 0 Å². The van der Waals surface area contributed by atoms with Crippen molar-refractivity contribution < 1.29 is 12.0 Å². The first-order chi connectivity index (χ1) is 35.6. The number of phenolic OH excluding ortho intramolecular Hbond substituents is 1. The Morgan fingerprint density at radius 1 is 0.443 bits per heavy atom. The number of aromatic nitrogens is 3. The molecule has 10 aromatic rings. The quantitative estimate of drug-likeness (QED) is 0.165. The van der Waals surface area contributed by atoms with Crippen LogP contribution in [-0.4, -0.2) is 19.6 Å². The van der Waals surface area contributed by atoms with Gasteiger partial charge in [-0.3, -0.25) is 9.55 Å². The fraction of sp³-hybridized carbons (Fsp3) is 0.182. The molecule has 0 spiro atoms. The summed E-state index contributed by atoms with van der Waals surface area (Å²) in [5, 5.41) is 12.7. The van der Waals surface area contributed by atoms with Crippen molar-refractivity contribution in [1.29, 1.82) is 0 Å². The molecule has 0 aliphatic heterocycles. The lowest BCUT2D eigenvalue weighted by atomic mass is 9.79. The summed E-state index contributed by atoms with van der Waals surface area (Å²) in [6, 6.07) is 53.9. The van der Waals surface area contributed by atoms with Crippen LogP contribution >= 0.6 is 0 Å². The number of fused-ring (bicyclic) bond motifs is 1. The normalized spacial score (nSPS) is 13.1. The summed E-state index contributed by atoms with van der Waals surface area (Å²) in [7, 11) is 0. The van der Waals surface area contributed by atoms with E-state index in [4.69, 9.17) is 16.8 Å². The van der Waals surface area contributed by atoms with Crippen molar-refractivity contribution in [3.63, 3.8) is 0 Å². The lowest BCUT2D eigenvalue weighted by molar-refractivity contribution is 0.446. The second-order valence-corrected chi connectivity index (χ2v) is 21.4. The molecule has 0 saturated carbocycles. The fourth-order valence-electron chi connectivity index (χ4n) is 9.36. The van der Waals surface area contributed by atoms with Crippen LogP contribution in [0.5, 0.6) is 5.75 Å². The van der Waals surface area contributed by atoms with Crippen LogP contribution < -0.4 is 0 Å². The van der Waals surface area contributed by atoms with Crippen molar-refractivity contribution >= 4 is 11.0 Å². The number of benzene rings is 8. The minimum atomic E-state index is -0.458. The third-order valence-electron chi connectivity index (χ3n) is 13.3. The van der Waals surface area contributed by atoms with Crippen LogP contribution in [0.4, 0.5) is 0 Å². The van der Waals surface area contributed by atoms with Gasteiger partial charge in [0.05, 0.1) is 34.8 Å². The van der Waals surface area contributed by atoms with Crippen LogP contribution in [0.3, 0.4) is 0 Å². The van der Waals surface area contributed by atoms with Crippen molar-refractivity contribution in [3.8, 4) is 89.7 Å². The maximum atomic E-state index is 12.7. The van der Waals surface area contributed by atoms with E-state index in [9.17, 15) is 5.11 Å². The zero-order chi connectivity index (χ0) is 53.3. The molecule has 4 nitrogen and oxygen atoms in total. The molecule has 1 N–H and O–H groups in total. The Morgan fingerprint density at radius 2 is 1.06 bits per heavy atom. The van der Waals surface area contributed by atoms with Crippen LogP contribution in [0.25, 0.3) is 95.0 Å². The van der Waals surface area contributed by atoms with E-state index in [1.54, 1.807) is 6.20 Å². The van der Waals surface area contributed by atoms with Gasteiger partial charge in [0, 0.05) is 28.5 Å². The van der Waals surface area contributed by atoms with Crippen molar-refractivity contribution in [2.45, 2.75) is 78.6 Å². The molecule has 346 valence electrons. The largest absolute Gasteiger partial charge is 0.507 e. The van der Waals surface area contributed by atoms with Crippen LogP contribution in [-0.2, 0) is 16.2 Å². The van der Waals surface area contributed by atoms with Gasteiger partial charge in [0.25, 0.3) is 0 Å². The third-order valence-corrected chi connectivity index (χ3v) is 13.3. The highest BCUT2D eigenvalue weighted by atomic mass is 16.3. The lowest BCUT2D eigenvalue weighted by Crippen LogP contribution is -2.17. The summed E-state index contributed by atoms with van der Waals surface area (Å²) in [6.45, 7) is 19.6. The number of phenols is 1. The molecule has 70 heavy (non-hydrogen) atoms. The van der Waals surface area contributed by atoms with E-state index in [2.05, 4.69) is 140 Å². The van der Waals surface area contributed by atoms with Gasteiger partial charge in [0.1, 0.15) is 11.6 Å². The van der Waals surface area contributed by atoms with Gasteiger partial charge in [-0.15, -0.1) is 0 Å². The molecule has 2 aromatic heterocycles. The number of aromatic hydroxyl groups is 1. The van der Waals surface area contributed by atoms with Crippen LogP contribution in [0.15, 0.2) is 200 Å². The van der Waals surface area contributed by atoms with Gasteiger partial charge in [-0.05, 0) is 126 Å². The van der Waals surface area contributed by atoms with Crippen LogP contribution in [0, 0.1) is 0 Å². The predicted octanol–water partition coefficient (Wildman–Crippen LogP) is 17.7. The van der Waals surface area contributed by atoms with Crippen molar-refractivity contribution in [1.82, 2.24) is 14.5 Å². The maximum Gasteiger partial charge on any atom is 0.149 e. The van der Waals surface area contributed by atoms with Gasteiger partial charge in [0.2, 0.25) is 0 Å². The molecule has 0 saturated heterocycles. The highest BCUT2D eigenvalue weighted by Gasteiger charge is 2.29. The highest BCUT2D eigenvalue weighted by molar-refractivity contribution is 5.99. The van der Waals surface area contributed by atoms with E-state index in [1.165, 1.54) is 5.56 Å². The van der Waals surface area contributed by atoms with Crippen molar-refractivity contribution in [2.24, 2.45) is 0 Å². The standard InChI is InChI=1S/C66H61N3O/c1-64(2,3)52-31-28-45(29-32-52)47-30-33-59(55(39-47)46-24-17-12-18-25-46)69-60-27-19-26-54(61(60)68-63(69)56-41-53(65(4,5)6)42-57(62(56)70)66(7,8)9)50-36-49(44-22-15-11-16-23-44)37-51(38-50)58-40-48(34-35-67-58)43-20-13-10-14-21-43/h10-42,70H,1-9H3/i11D,15D,16D,22D,23D. The Labute approximate surface area is 421 Å². The highest BCUT2D eigenvalue weighted by Crippen LogP contribution is 2.46. The van der Waals surface area contributed by atoms with Gasteiger partial charge in [-0.25, -0.2) is 4.98 Å². The summed E-state index contributed by atoms with van der Waals surface area (Å²) in [6.07, 6.45) is 1.77. The molecule has 10 rings (SSSR count). The van der Waals surface area contributed by atoms with E-state index in [1.807, 2.05) is 91.0 Å². The van der Waals surface area contributed by atoms with Crippen LogP contribution in [0.1, 0.15) is 85.9 Å². The summed E-state index contributed by atoms with van der Waals surface area (Å²) < 4.78 is 46.2. The number of hydrogen-bond acceptors (Lipinski definition) is 3. The third kappa shape index (κ3) is 8.98. The van der Waals surface area contributed by atoms with Gasteiger partial charge in [-0.2, -0.15) is 0 Å². The van der Waals surface area contributed by atoms with E-state index < -0.39 is 23.5 Å². The number of rotatable bonds is 8. The molecule has 2 heterocycles. The fourth-order valence-corrected chi connectivity index (χ4v) is 9.36. The average molecular weight is 917 g/mol. The molecule has 0 bridgehead atoms. The lowest BCUT2D eigenvalue weighted by Gasteiger charge is -2.27. The number of pyridine rings is 1. The first kappa shape index (κ1) is 40.1. The topological polar surface area (TPSA) is 50.9 Å². The van der Waals surface area contributed by atoms with Crippen molar-refractivity contribution in [3.05, 3.63) is 217 Å². The first-order valence-corrected chi connectivity index (χ1v) is 24.0. The monoisotopic (exact) mass is 917 g/mol. The second kappa shape index (κ2) is 17.9. The zero-order valence-corrected chi connectivity index (χ0v) is 41.5. The number of para-hydroxylation sites is 1. The number of nitrogens with zero attached hydrogens (tertiary/aromatic N) is 3. The molecule has 0 aliphatic carbocycles. The molecule has 0 amide bonds. The molecule has 0 radical (unpaired) electrons. The molecular weight excluding hydrogens is 851 g/mol. The zero-order valence-electron chi connectivity index (χ0n) is 46.5. The smallest absolute Gasteiger partial charge is 0.149 e. The first-order valence-electron chi connectivity index (χ1n) is 26.5. The summed E-state index contributed by atoms with van der Waals surface area (Å²) in [5.41, 5.74) is 14.7. The Morgan fingerprint density at radius 3 is 1.73 bits per heavy atom. The number of imidazole rings is 1. The summed E-state index contributed by atoms with van der Waals surface area (Å²) in [5.74, 6) is 0.700. The second-order valence-electron chi connectivity index (χ2n) is 21.4.